The molecule has 0 aliphatic rings. The minimum Gasteiger partial charge on any atom is -0.412 e. The summed E-state index contributed by atoms with van der Waals surface area (Å²) in [6, 6.07) is 0. The molecular formula is H6AlNiO2. The van der Waals surface area contributed by atoms with E-state index in [-0.39, 0.29) is 44.8 Å². The molecule has 0 spiro atoms. The molecule has 0 rings (SSSR count). The van der Waals surface area contributed by atoms with Crippen LogP contribution < -0.4 is 0 Å². The van der Waals surface area contributed by atoms with Gasteiger partial charge in [0.1, 0.15) is 17.4 Å². The van der Waals surface area contributed by atoms with Crippen molar-refractivity contribution >= 4 is 17.4 Å². The first kappa shape index (κ1) is 86.1. The first-order valence-corrected chi connectivity index (χ1v) is 0. The smallest absolute Gasteiger partial charge is 0.146 e. The van der Waals surface area contributed by atoms with Crippen LogP contribution in [0.1, 0.15) is 0 Å². The molecule has 0 aromatic rings. The molecule has 0 aliphatic heterocycles. The zero-order chi connectivity index (χ0) is 0. The van der Waals surface area contributed by atoms with Crippen LogP contribution in [0.5, 0.6) is 0 Å². The van der Waals surface area contributed by atoms with Gasteiger partial charge in [0, 0.05) is 16.5 Å². The van der Waals surface area contributed by atoms with Gasteiger partial charge in [-0.15, -0.1) is 0 Å². The number of rotatable bonds is 0. The van der Waals surface area contributed by atoms with Crippen LogP contribution in [0, 0.1) is 0 Å². The molecule has 4 heavy (non-hydrogen) atoms. The van der Waals surface area contributed by atoms with Gasteiger partial charge < -0.3 is 11.0 Å². The van der Waals surface area contributed by atoms with Crippen LogP contribution in [-0.4, -0.2) is 28.3 Å². The average Bonchev–Trinajstić information content (AvgIpc) is 0. The van der Waals surface area contributed by atoms with Gasteiger partial charge in [0.25, 0.3) is 0 Å². The van der Waals surface area contributed by atoms with Gasteiger partial charge in [-0.3, -0.25) is 0 Å². The predicted molar refractivity (Wildman–Crippen MR) is 15.8 cm³/mol. The molecule has 0 aromatic heterocycles. The van der Waals surface area contributed by atoms with Crippen molar-refractivity contribution in [1.82, 2.24) is 0 Å². The third kappa shape index (κ3) is 12.5. The van der Waals surface area contributed by atoms with Gasteiger partial charge >= 0.3 is 0 Å². The quantitative estimate of drug-likeness (QED) is 0.318. The average molecular weight is 124 g/mol. The molecule has 4 heteroatoms. The second-order valence-electron chi connectivity index (χ2n) is 0. The van der Waals surface area contributed by atoms with E-state index in [0.29, 0.717) is 0 Å². The van der Waals surface area contributed by atoms with Crippen LogP contribution in [0.4, 0.5) is 0 Å². The van der Waals surface area contributed by atoms with Crippen LogP contribution >= 0.6 is 0 Å². The van der Waals surface area contributed by atoms with E-state index >= 15 is 0 Å². The predicted octanol–water partition coefficient (Wildman–Crippen LogP) is -2.57. The van der Waals surface area contributed by atoms with Crippen molar-refractivity contribution in [3.63, 3.8) is 0 Å². The first-order valence-electron chi connectivity index (χ1n) is 0. The van der Waals surface area contributed by atoms with Gasteiger partial charge in [-0.2, -0.15) is 0 Å². The summed E-state index contributed by atoms with van der Waals surface area (Å²) in [5, 5.41) is 0. The largest absolute Gasteiger partial charge is 0.412 e. The molecule has 0 heterocycles. The Bertz CT molecular complexity index is 6.00. The Hall–Kier alpha value is 0.946. The monoisotopic (exact) mass is 123 g/mol. The molecule has 0 saturated heterocycles. The van der Waals surface area contributed by atoms with E-state index in [1.165, 1.54) is 0 Å². The van der Waals surface area contributed by atoms with Crippen molar-refractivity contribution in [3.8, 4) is 0 Å². The fourth-order valence-electron chi connectivity index (χ4n) is 0. The summed E-state index contributed by atoms with van der Waals surface area (Å²) in [4.78, 5) is 0. The summed E-state index contributed by atoms with van der Waals surface area (Å²) in [5.74, 6) is 0. The Morgan fingerprint density at radius 3 is 0.750 bits per heavy atom. The van der Waals surface area contributed by atoms with Crippen molar-refractivity contribution in [2.45, 2.75) is 0 Å². The van der Waals surface area contributed by atoms with Crippen molar-refractivity contribution < 1.29 is 27.4 Å². The minimum atomic E-state index is 0. The molecule has 0 aliphatic carbocycles. The van der Waals surface area contributed by atoms with E-state index in [1.54, 1.807) is 0 Å². The number of hydrogen-bond donors (Lipinski definition) is 0. The van der Waals surface area contributed by atoms with E-state index in [4.69, 9.17) is 0 Å². The van der Waals surface area contributed by atoms with Crippen LogP contribution in [0.25, 0.3) is 0 Å². The van der Waals surface area contributed by atoms with E-state index in [2.05, 4.69) is 0 Å². The Kier molecular flexibility index (Phi) is 823. The van der Waals surface area contributed by atoms with Gasteiger partial charge in [0.2, 0.25) is 0 Å². The van der Waals surface area contributed by atoms with Crippen molar-refractivity contribution in [3.05, 3.63) is 0 Å². The maximum Gasteiger partial charge on any atom is 0.146 e. The zero-order valence-corrected chi connectivity index (χ0v) is 5.30. The summed E-state index contributed by atoms with van der Waals surface area (Å²) < 4.78 is 0. The fraction of sp³-hybridized carbons (Fsp3) is 0. The summed E-state index contributed by atoms with van der Waals surface area (Å²) >= 11 is 0. The second kappa shape index (κ2) is 38.3. The van der Waals surface area contributed by atoms with Gasteiger partial charge in [-0.1, -0.05) is 0 Å². The molecule has 0 saturated carbocycles. The normalized spacial score (nSPS) is 0. The molecule has 0 fully saturated rings. The molecule has 1 radical (unpaired) electrons. The Balaban J connectivity index is 0. The molecule has 0 atom stereocenters. The Morgan fingerprint density at radius 2 is 0.750 bits per heavy atom. The standard InChI is InChI=1S/Al.Ni.2H2O.2H/h;;2*1H2;;. The van der Waals surface area contributed by atoms with E-state index in [9.17, 15) is 0 Å². The van der Waals surface area contributed by atoms with Gasteiger partial charge in [-0.25, -0.2) is 0 Å². The zero-order valence-electron chi connectivity index (χ0n) is 2.32. The van der Waals surface area contributed by atoms with Crippen molar-refractivity contribution in [2.75, 3.05) is 0 Å². The van der Waals surface area contributed by atoms with Crippen molar-refractivity contribution in [1.29, 1.82) is 0 Å². The van der Waals surface area contributed by atoms with E-state index in [1.807, 2.05) is 0 Å². The summed E-state index contributed by atoms with van der Waals surface area (Å²) in [6.45, 7) is 0. The van der Waals surface area contributed by atoms with Gasteiger partial charge in [0.15, 0.2) is 0 Å². The fourth-order valence-corrected chi connectivity index (χ4v) is 0. The molecule has 31 valence electrons. The summed E-state index contributed by atoms with van der Waals surface area (Å²) in [7, 11) is 0. The summed E-state index contributed by atoms with van der Waals surface area (Å²) in [5.41, 5.74) is 0. The molecular weight excluding hydrogens is 118 g/mol. The third-order valence-electron chi connectivity index (χ3n) is 0. The second-order valence-corrected chi connectivity index (χ2v) is 0. The van der Waals surface area contributed by atoms with Crippen molar-refractivity contribution in [2.24, 2.45) is 0 Å². The molecule has 4 N–H and O–H groups in total. The maximum absolute atomic E-state index is 0. The number of hydrogen-bond acceptors (Lipinski definition) is 0. The van der Waals surface area contributed by atoms with Gasteiger partial charge in [-0.05, 0) is 0 Å². The molecule has 0 amide bonds. The SMILES string of the molecule is O.O.[AlH2].[Ni]. The van der Waals surface area contributed by atoms with Crippen LogP contribution in [0.2, 0.25) is 0 Å². The molecule has 0 aromatic carbocycles. The van der Waals surface area contributed by atoms with E-state index < -0.39 is 0 Å². The topological polar surface area (TPSA) is 63.0 Å². The van der Waals surface area contributed by atoms with Crippen LogP contribution in [0.15, 0.2) is 0 Å². The first-order chi connectivity index (χ1) is 0. The Labute approximate surface area is 45.3 Å². The molecule has 0 bridgehead atoms. The molecule has 0 unspecified atom stereocenters. The van der Waals surface area contributed by atoms with E-state index in [0.717, 1.165) is 0 Å². The van der Waals surface area contributed by atoms with Crippen LogP contribution in [0.3, 0.4) is 0 Å². The minimum absolute atomic E-state index is 0. The Morgan fingerprint density at radius 1 is 0.750 bits per heavy atom. The maximum atomic E-state index is 0. The summed E-state index contributed by atoms with van der Waals surface area (Å²) in [6.07, 6.45) is 0. The molecule has 2 nitrogen and oxygen atoms in total. The van der Waals surface area contributed by atoms with Crippen LogP contribution in [-0.2, 0) is 16.5 Å². The van der Waals surface area contributed by atoms with Gasteiger partial charge in [0.05, 0.1) is 0 Å². The third-order valence-corrected chi connectivity index (χ3v) is 0.